The maximum absolute atomic E-state index is 8.75. The molecule has 1 aromatic rings. The van der Waals surface area contributed by atoms with Crippen LogP contribution in [0.2, 0.25) is 0 Å². The number of nitrogens with zero attached hydrogens (tertiary/aromatic N) is 1. The molecular formula is C9H6BrNO2. The number of halogens is 1. The number of hydrogen-bond acceptors (Lipinski definition) is 3. The molecule has 1 aliphatic heterocycles. The fraction of sp³-hybridized carbons (Fsp3) is 0.222. The van der Waals surface area contributed by atoms with Gasteiger partial charge >= 0.3 is 0 Å². The molecule has 0 aromatic heterocycles. The molecule has 0 amide bonds. The molecule has 3 nitrogen and oxygen atoms in total. The molecule has 0 radical (unpaired) electrons. The first-order valence-electron chi connectivity index (χ1n) is 3.74. The topological polar surface area (TPSA) is 42.2 Å². The Morgan fingerprint density at radius 1 is 1.46 bits per heavy atom. The Hall–Kier alpha value is -1.05. The van der Waals surface area contributed by atoms with E-state index in [4.69, 9.17) is 14.7 Å². The van der Waals surface area contributed by atoms with Crippen LogP contribution in [-0.2, 0) is 11.3 Å². The van der Waals surface area contributed by atoms with Gasteiger partial charge in [-0.3, -0.25) is 0 Å². The molecule has 0 unspecified atom stereocenters. The Bertz CT molecular complexity index is 384. The summed E-state index contributed by atoms with van der Waals surface area (Å²) in [6.07, 6.45) is 0. The maximum Gasteiger partial charge on any atom is 0.189 e. The van der Waals surface area contributed by atoms with Gasteiger partial charge in [0, 0.05) is 10.0 Å². The molecule has 2 rings (SSSR count). The summed E-state index contributed by atoms with van der Waals surface area (Å²) in [4.78, 5) is 0. The van der Waals surface area contributed by atoms with Crippen LogP contribution in [0.5, 0.6) is 5.75 Å². The fourth-order valence-corrected chi connectivity index (χ4v) is 1.66. The van der Waals surface area contributed by atoms with Crippen molar-refractivity contribution in [3.05, 3.63) is 27.7 Å². The van der Waals surface area contributed by atoms with E-state index in [0.717, 1.165) is 15.8 Å². The summed E-state index contributed by atoms with van der Waals surface area (Å²) in [5.41, 5.74) is 1.55. The Morgan fingerprint density at radius 2 is 2.31 bits per heavy atom. The molecule has 66 valence electrons. The standard InChI is InChI=1S/C9H6BrNO2/c10-8-1-7-4-12-5-13-9(7)2-6(8)3-11/h1-2H,4-5H2. The Balaban J connectivity index is 2.52. The number of benzene rings is 1. The van der Waals surface area contributed by atoms with Gasteiger partial charge in [-0.15, -0.1) is 0 Å². The van der Waals surface area contributed by atoms with Crippen LogP contribution < -0.4 is 4.74 Å². The molecule has 0 spiro atoms. The van der Waals surface area contributed by atoms with Gasteiger partial charge in [0.25, 0.3) is 0 Å². The zero-order valence-corrected chi connectivity index (χ0v) is 8.30. The Labute approximate surface area is 84.0 Å². The van der Waals surface area contributed by atoms with Crippen molar-refractivity contribution in [3.8, 4) is 11.8 Å². The smallest absolute Gasteiger partial charge is 0.189 e. The lowest BCUT2D eigenvalue weighted by atomic mass is 10.1. The van der Waals surface area contributed by atoms with E-state index in [1.54, 1.807) is 6.07 Å². The summed E-state index contributed by atoms with van der Waals surface area (Å²) in [6.45, 7) is 0.805. The highest BCUT2D eigenvalue weighted by Gasteiger charge is 2.13. The van der Waals surface area contributed by atoms with E-state index in [2.05, 4.69) is 22.0 Å². The van der Waals surface area contributed by atoms with E-state index >= 15 is 0 Å². The lowest BCUT2D eigenvalue weighted by Gasteiger charge is -2.17. The molecule has 1 heterocycles. The van der Waals surface area contributed by atoms with E-state index < -0.39 is 0 Å². The van der Waals surface area contributed by atoms with Gasteiger partial charge in [0.1, 0.15) is 11.8 Å². The van der Waals surface area contributed by atoms with Crippen molar-refractivity contribution in [1.29, 1.82) is 5.26 Å². The van der Waals surface area contributed by atoms with Crippen LogP contribution in [0, 0.1) is 11.3 Å². The highest BCUT2D eigenvalue weighted by molar-refractivity contribution is 9.10. The largest absolute Gasteiger partial charge is 0.467 e. The van der Waals surface area contributed by atoms with Crippen LogP contribution in [0.1, 0.15) is 11.1 Å². The SMILES string of the molecule is N#Cc1cc2c(cc1Br)COCO2. The van der Waals surface area contributed by atoms with Crippen LogP contribution in [0.4, 0.5) is 0 Å². The van der Waals surface area contributed by atoms with Gasteiger partial charge in [0.2, 0.25) is 0 Å². The molecule has 0 bridgehead atoms. The van der Waals surface area contributed by atoms with Crippen molar-refractivity contribution in [2.45, 2.75) is 6.61 Å². The molecule has 0 saturated carbocycles. The fourth-order valence-electron chi connectivity index (χ4n) is 1.18. The summed E-state index contributed by atoms with van der Waals surface area (Å²) in [6, 6.07) is 5.66. The van der Waals surface area contributed by atoms with Crippen LogP contribution >= 0.6 is 15.9 Å². The summed E-state index contributed by atoms with van der Waals surface area (Å²) in [5, 5.41) is 8.75. The third kappa shape index (κ3) is 1.53. The third-order valence-corrected chi connectivity index (χ3v) is 2.48. The molecule has 0 aliphatic carbocycles. The van der Waals surface area contributed by atoms with Crippen molar-refractivity contribution in [2.24, 2.45) is 0 Å². The lowest BCUT2D eigenvalue weighted by Crippen LogP contribution is -2.11. The second-order valence-electron chi connectivity index (χ2n) is 2.66. The quantitative estimate of drug-likeness (QED) is 0.697. The minimum absolute atomic E-state index is 0.263. The average molecular weight is 240 g/mol. The van der Waals surface area contributed by atoms with Crippen molar-refractivity contribution < 1.29 is 9.47 Å². The summed E-state index contributed by atoms with van der Waals surface area (Å²) in [5.74, 6) is 0.742. The first-order valence-corrected chi connectivity index (χ1v) is 4.53. The summed E-state index contributed by atoms with van der Waals surface area (Å²) >= 11 is 3.30. The Kier molecular flexibility index (Phi) is 2.21. The predicted octanol–water partition coefficient (Wildman–Crippen LogP) is 2.19. The average Bonchev–Trinajstić information content (AvgIpc) is 2.17. The van der Waals surface area contributed by atoms with Crippen LogP contribution in [0.25, 0.3) is 0 Å². The highest BCUT2D eigenvalue weighted by Crippen LogP contribution is 2.29. The van der Waals surface area contributed by atoms with Gasteiger partial charge in [0.15, 0.2) is 6.79 Å². The minimum atomic E-state index is 0.263. The van der Waals surface area contributed by atoms with Crippen LogP contribution in [-0.4, -0.2) is 6.79 Å². The first-order chi connectivity index (χ1) is 6.31. The molecule has 0 atom stereocenters. The predicted molar refractivity (Wildman–Crippen MR) is 49.1 cm³/mol. The number of nitriles is 1. The van der Waals surface area contributed by atoms with Gasteiger partial charge in [-0.25, -0.2) is 0 Å². The number of hydrogen-bond donors (Lipinski definition) is 0. The highest BCUT2D eigenvalue weighted by atomic mass is 79.9. The number of fused-ring (bicyclic) bond motifs is 1. The van der Waals surface area contributed by atoms with Gasteiger partial charge in [-0.1, -0.05) is 0 Å². The second kappa shape index (κ2) is 3.36. The number of ether oxygens (including phenoxy) is 2. The molecule has 0 N–H and O–H groups in total. The van der Waals surface area contributed by atoms with Gasteiger partial charge < -0.3 is 9.47 Å². The van der Waals surface area contributed by atoms with Crippen molar-refractivity contribution in [3.63, 3.8) is 0 Å². The third-order valence-electron chi connectivity index (χ3n) is 1.83. The van der Waals surface area contributed by atoms with Gasteiger partial charge in [-0.2, -0.15) is 5.26 Å². The number of rotatable bonds is 0. The van der Waals surface area contributed by atoms with Crippen molar-refractivity contribution >= 4 is 15.9 Å². The molecule has 1 aromatic carbocycles. The van der Waals surface area contributed by atoms with Gasteiger partial charge in [-0.05, 0) is 28.1 Å². The molecule has 13 heavy (non-hydrogen) atoms. The normalized spacial score (nSPS) is 14.2. The van der Waals surface area contributed by atoms with Crippen molar-refractivity contribution in [1.82, 2.24) is 0 Å². The Morgan fingerprint density at radius 3 is 3.08 bits per heavy atom. The summed E-state index contributed by atoms with van der Waals surface area (Å²) < 4.78 is 11.1. The summed E-state index contributed by atoms with van der Waals surface area (Å²) in [7, 11) is 0. The lowest BCUT2D eigenvalue weighted by molar-refractivity contribution is -0.0164. The zero-order valence-electron chi connectivity index (χ0n) is 6.71. The second-order valence-corrected chi connectivity index (χ2v) is 3.52. The molecule has 1 aliphatic rings. The van der Waals surface area contributed by atoms with E-state index in [1.807, 2.05) is 6.07 Å². The van der Waals surface area contributed by atoms with E-state index in [-0.39, 0.29) is 6.79 Å². The van der Waals surface area contributed by atoms with Gasteiger partial charge in [0.05, 0.1) is 12.2 Å². The minimum Gasteiger partial charge on any atom is -0.467 e. The zero-order chi connectivity index (χ0) is 9.26. The molecule has 4 heteroatoms. The monoisotopic (exact) mass is 239 g/mol. The van der Waals surface area contributed by atoms with Crippen LogP contribution in [0.3, 0.4) is 0 Å². The van der Waals surface area contributed by atoms with Crippen LogP contribution in [0.15, 0.2) is 16.6 Å². The molecular weight excluding hydrogens is 234 g/mol. The van der Waals surface area contributed by atoms with E-state index in [9.17, 15) is 0 Å². The maximum atomic E-state index is 8.75. The van der Waals surface area contributed by atoms with Crippen molar-refractivity contribution in [2.75, 3.05) is 6.79 Å². The molecule has 0 saturated heterocycles. The van der Waals surface area contributed by atoms with E-state index in [1.165, 1.54) is 0 Å². The first kappa shape index (κ1) is 8.54. The van der Waals surface area contributed by atoms with E-state index in [0.29, 0.717) is 12.2 Å². The molecule has 0 fully saturated rings.